The van der Waals surface area contributed by atoms with Gasteiger partial charge in [-0.3, -0.25) is 4.79 Å². The molecule has 0 saturated heterocycles. The molecular formula is C19H28N4O3. The van der Waals surface area contributed by atoms with Crippen LogP contribution in [-0.4, -0.2) is 59.2 Å². The summed E-state index contributed by atoms with van der Waals surface area (Å²) in [7, 11) is 3.26. The molecule has 26 heavy (non-hydrogen) atoms. The van der Waals surface area contributed by atoms with Gasteiger partial charge in [0.15, 0.2) is 5.69 Å². The maximum absolute atomic E-state index is 13.1. The monoisotopic (exact) mass is 360 g/mol. The Morgan fingerprint density at radius 2 is 2.00 bits per heavy atom. The van der Waals surface area contributed by atoms with Crippen LogP contribution in [0.1, 0.15) is 42.9 Å². The molecule has 1 aromatic heterocycles. The van der Waals surface area contributed by atoms with Crippen LogP contribution in [0.25, 0.3) is 5.69 Å². The number of hydrogen-bond acceptors (Lipinski definition) is 5. The summed E-state index contributed by atoms with van der Waals surface area (Å²) in [6, 6.07) is 7.66. The van der Waals surface area contributed by atoms with Crippen molar-refractivity contribution in [2.45, 2.75) is 39.7 Å². The minimum atomic E-state index is -0.109. The molecule has 1 aromatic carbocycles. The number of aromatic nitrogens is 3. The molecule has 0 spiro atoms. The number of carbonyl (C=O) groups is 1. The minimum absolute atomic E-state index is 0.109. The Morgan fingerprint density at radius 1 is 1.27 bits per heavy atom. The molecule has 142 valence electrons. The predicted octanol–water partition coefficient (Wildman–Crippen LogP) is 2.86. The van der Waals surface area contributed by atoms with Crippen LogP contribution in [0.5, 0.6) is 5.75 Å². The zero-order valence-electron chi connectivity index (χ0n) is 16.2. The molecule has 0 saturated carbocycles. The van der Waals surface area contributed by atoms with Crippen LogP contribution in [0.4, 0.5) is 0 Å². The molecule has 0 bridgehead atoms. The van der Waals surface area contributed by atoms with E-state index in [1.165, 1.54) is 0 Å². The number of nitrogens with zero attached hydrogens (tertiary/aromatic N) is 4. The molecule has 0 aliphatic rings. The average Bonchev–Trinajstić information content (AvgIpc) is 3.06. The fourth-order valence-corrected chi connectivity index (χ4v) is 3.02. The zero-order valence-corrected chi connectivity index (χ0v) is 16.2. The van der Waals surface area contributed by atoms with Crippen molar-refractivity contribution in [3.05, 3.63) is 35.7 Å². The lowest BCUT2D eigenvalue weighted by Gasteiger charge is -2.29. The predicted molar refractivity (Wildman–Crippen MR) is 99.9 cm³/mol. The van der Waals surface area contributed by atoms with E-state index in [4.69, 9.17) is 9.47 Å². The minimum Gasteiger partial charge on any atom is -0.497 e. The van der Waals surface area contributed by atoms with E-state index in [9.17, 15) is 4.79 Å². The summed E-state index contributed by atoms with van der Waals surface area (Å²) in [6.07, 6.45) is 1.77. The highest BCUT2D eigenvalue weighted by atomic mass is 16.5. The molecule has 0 unspecified atom stereocenters. The number of methoxy groups -OCH3 is 2. The van der Waals surface area contributed by atoms with Gasteiger partial charge >= 0.3 is 0 Å². The first-order valence-corrected chi connectivity index (χ1v) is 8.93. The van der Waals surface area contributed by atoms with Crippen LogP contribution in [0.2, 0.25) is 0 Å². The highest BCUT2D eigenvalue weighted by Gasteiger charge is 2.27. The molecule has 0 atom stereocenters. The lowest BCUT2D eigenvalue weighted by molar-refractivity contribution is 0.0583. The zero-order chi connectivity index (χ0) is 19.1. The van der Waals surface area contributed by atoms with Gasteiger partial charge in [-0.1, -0.05) is 25.1 Å². The van der Waals surface area contributed by atoms with E-state index in [-0.39, 0.29) is 11.9 Å². The van der Waals surface area contributed by atoms with Crippen molar-refractivity contribution in [1.82, 2.24) is 19.9 Å². The first-order chi connectivity index (χ1) is 12.6. The highest BCUT2D eigenvalue weighted by molar-refractivity contribution is 5.93. The van der Waals surface area contributed by atoms with E-state index < -0.39 is 0 Å². The number of benzene rings is 1. The van der Waals surface area contributed by atoms with E-state index in [0.717, 1.165) is 24.3 Å². The summed E-state index contributed by atoms with van der Waals surface area (Å²) in [4.78, 5) is 15.0. The van der Waals surface area contributed by atoms with Gasteiger partial charge in [-0.05, 0) is 31.9 Å². The molecule has 0 fully saturated rings. The SMILES string of the molecule is CCC(CC)N(CCOC)C(=O)c1nnn(-c2cccc(OC)c2)c1C. The van der Waals surface area contributed by atoms with E-state index in [2.05, 4.69) is 24.2 Å². The Balaban J connectivity index is 2.34. The summed E-state index contributed by atoms with van der Waals surface area (Å²) in [5.74, 6) is 0.617. The van der Waals surface area contributed by atoms with Gasteiger partial charge in [-0.2, -0.15) is 0 Å². The number of carbonyl (C=O) groups excluding carboxylic acids is 1. The Hall–Kier alpha value is -2.41. The summed E-state index contributed by atoms with van der Waals surface area (Å²) >= 11 is 0. The lowest BCUT2D eigenvalue weighted by Crippen LogP contribution is -2.42. The quantitative estimate of drug-likeness (QED) is 0.688. The second-order valence-electron chi connectivity index (χ2n) is 6.10. The Kier molecular flexibility index (Phi) is 7.15. The summed E-state index contributed by atoms with van der Waals surface area (Å²) in [5.41, 5.74) is 1.88. The highest BCUT2D eigenvalue weighted by Crippen LogP contribution is 2.20. The smallest absolute Gasteiger partial charge is 0.276 e. The van der Waals surface area contributed by atoms with Gasteiger partial charge in [0, 0.05) is 25.8 Å². The molecular weight excluding hydrogens is 332 g/mol. The molecule has 0 radical (unpaired) electrons. The van der Waals surface area contributed by atoms with Crippen molar-refractivity contribution in [2.75, 3.05) is 27.4 Å². The maximum atomic E-state index is 13.1. The number of hydrogen-bond donors (Lipinski definition) is 0. The van der Waals surface area contributed by atoms with E-state index >= 15 is 0 Å². The summed E-state index contributed by atoms with van der Waals surface area (Å²) in [6.45, 7) is 7.05. The number of amides is 1. The van der Waals surface area contributed by atoms with E-state index in [1.807, 2.05) is 36.1 Å². The van der Waals surface area contributed by atoms with Crippen molar-refractivity contribution in [3.63, 3.8) is 0 Å². The Morgan fingerprint density at radius 3 is 2.62 bits per heavy atom. The van der Waals surface area contributed by atoms with E-state index in [0.29, 0.717) is 24.5 Å². The van der Waals surface area contributed by atoms with Crippen LogP contribution in [0.15, 0.2) is 24.3 Å². The van der Waals surface area contributed by atoms with Crippen molar-refractivity contribution in [1.29, 1.82) is 0 Å². The van der Waals surface area contributed by atoms with Gasteiger partial charge in [-0.25, -0.2) is 4.68 Å². The third kappa shape index (κ3) is 4.22. The van der Waals surface area contributed by atoms with Crippen LogP contribution in [-0.2, 0) is 4.74 Å². The molecule has 0 N–H and O–H groups in total. The van der Waals surface area contributed by atoms with Gasteiger partial charge in [-0.15, -0.1) is 5.10 Å². The average molecular weight is 360 g/mol. The third-order valence-corrected chi connectivity index (χ3v) is 4.58. The van der Waals surface area contributed by atoms with Crippen molar-refractivity contribution < 1.29 is 14.3 Å². The maximum Gasteiger partial charge on any atom is 0.276 e. The topological polar surface area (TPSA) is 69.5 Å². The van der Waals surface area contributed by atoms with Gasteiger partial charge in [0.1, 0.15) is 5.75 Å². The van der Waals surface area contributed by atoms with Crippen LogP contribution < -0.4 is 4.74 Å². The fourth-order valence-electron chi connectivity index (χ4n) is 3.02. The van der Waals surface area contributed by atoms with E-state index in [1.54, 1.807) is 18.9 Å². The van der Waals surface area contributed by atoms with Crippen LogP contribution >= 0.6 is 0 Å². The van der Waals surface area contributed by atoms with Crippen LogP contribution in [0, 0.1) is 6.92 Å². The second-order valence-corrected chi connectivity index (χ2v) is 6.10. The molecule has 0 aliphatic heterocycles. The van der Waals surface area contributed by atoms with Crippen molar-refractivity contribution >= 4 is 5.91 Å². The lowest BCUT2D eigenvalue weighted by atomic mass is 10.1. The molecule has 1 amide bonds. The third-order valence-electron chi connectivity index (χ3n) is 4.58. The first-order valence-electron chi connectivity index (χ1n) is 8.93. The molecule has 7 heteroatoms. The largest absolute Gasteiger partial charge is 0.497 e. The second kappa shape index (κ2) is 9.33. The van der Waals surface area contributed by atoms with Gasteiger partial charge in [0.25, 0.3) is 5.91 Å². The standard InChI is InChI=1S/C19H28N4O3/c1-6-15(7-2)22(11-12-25-4)19(24)18-14(3)23(21-20-18)16-9-8-10-17(13-16)26-5/h8-10,13,15H,6-7,11-12H2,1-5H3. The molecule has 2 aromatic rings. The summed E-state index contributed by atoms with van der Waals surface area (Å²) < 4.78 is 12.1. The Bertz CT molecular complexity index is 725. The van der Waals surface area contributed by atoms with Crippen molar-refractivity contribution in [3.8, 4) is 11.4 Å². The number of rotatable bonds is 9. The Labute approximate surface area is 154 Å². The number of ether oxygens (including phenoxy) is 2. The normalized spacial score (nSPS) is 11.0. The molecule has 7 nitrogen and oxygen atoms in total. The first kappa shape index (κ1) is 19.9. The summed E-state index contributed by atoms with van der Waals surface area (Å²) in [5, 5.41) is 8.36. The van der Waals surface area contributed by atoms with Gasteiger partial charge < -0.3 is 14.4 Å². The van der Waals surface area contributed by atoms with Gasteiger partial charge in [0.2, 0.25) is 0 Å². The van der Waals surface area contributed by atoms with Crippen molar-refractivity contribution in [2.24, 2.45) is 0 Å². The molecule has 2 rings (SSSR count). The molecule has 1 heterocycles. The van der Waals surface area contributed by atoms with Gasteiger partial charge in [0.05, 0.1) is 25.1 Å². The van der Waals surface area contributed by atoms with Crippen LogP contribution in [0.3, 0.4) is 0 Å². The fraction of sp³-hybridized carbons (Fsp3) is 0.526. The molecule has 0 aliphatic carbocycles.